The number of amides is 1. The SMILES string of the molecule is N#CCN(C(=O)COC(=O)CSc1ccccc1F)c1ccccc1. The van der Waals surface area contributed by atoms with Gasteiger partial charge in [-0.2, -0.15) is 5.26 Å². The van der Waals surface area contributed by atoms with Gasteiger partial charge in [0, 0.05) is 10.6 Å². The molecule has 0 aromatic heterocycles. The molecule has 0 aliphatic carbocycles. The predicted octanol–water partition coefficient (Wildman–Crippen LogP) is 3.02. The normalized spacial score (nSPS) is 9.92. The van der Waals surface area contributed by atoms with E-state index in [2.05, 4.69) is 0 Å². The van der Waals surface area contributed by atoms with Crippen LogP contribution in [-0.4, -0.2) is 30.8 Å². The largest absolute Gasteiger partial charge is 0.455 e. The number of esters is 1. The molecule has 0 radical (unpaired) electrons. The molecule has 128 valence electrons. The highest BCUT2D eigenvalue weighted by atomic mass is 32.2. The Kier molecular flexibility index (Phi) is 6.99. The first-order valence-electron chi connectivity index (χ1n) is 7.37. The fourth-order valence-electron chi connectivity index (χ4n) is 1.96. The van der Waals surface area contributed by atoms with Crippen molar-refractivity contribution in [2.45, 2.75) is 4.90 Å². The standard InChI is InChI=1S/C18H15FN2O3S/c19-15-8-4-5-9-16(15)25-13-18(23)24-12-17(22)21(11-10-20)14-6-2-1-3-7-14/h1-9H,11-13H2. The highest BCUT2D eigenvalue weighted by Crippen LogP contribution is 2.21. The smallest absolute Gasteiger partial charge is 0.316 e. The van der Waals surface area contributed by atoms with Gasteiger partial charge < -0.3 is 4.74 Å². The molecule has 7 heteroatoms. The molecular weight excluding hydrogens is 343 g/mol. The molecule has 0 aliphatic heterocycles. The van der Waals surface area contributed by atoms with Crippen molar-refractivity contribution in [2.75, 3.05) is 23.8 Å². The Balaban J connectivity index is 1.86. The minimum Gasteiger partial charge on any atom is -0.455 e. The lowest BCUT2D eigenvalue weighted by Gasteiger charge is -2.19. The Bertz CT molecular complexity index is 777. The lowest BCUT2D eigenvalue weighted by Crippen LogP contribution is -2.35. The first kappa shape index (κ1) is 18.5. The van der Waals surface area contributed by atoms with Gasteiger partial charge in [-0.05, 0) is 24.3 Å². The molecule has 0 bridgehead atoms. The molecule has 0 saturated heterocycles. The van der Waals surface area contributed by atoms with Crippen LogP contribution in [0.25, 0.3) is 0 Å². The number of thioether (sulfide) groups is 1. The Labute approximate surface area is 149 Å². The van der Waals surface area contributed by atoms with Gasteiger partial charge >= 0.3 is 5.97 Å². The minimum absolute atomic E-state index is 0.113. The molecule has 0 aliphatic rings. The average molecular weight is 358 g/mol. The molecule has 25 heavy (non-hydrogen) atoms. The Morgan fingerprint density at radius 3 is 2.48 bits per heavy atom. The van der Waals surface area contributed by atoms with Crippen LogP contribution >= 0.6 is 11.8 Å². The first-order valence-corrected chi connectivity index (χ1v) is 8.35. The lowest BCUT2D eigenvalue weighted by molar-refractivity contribution is -0.145. The van der Waals surface area contributed by atoms with E-state index in [0.29, 0.717) is 10.6 Å². The van der Waals surface area contributed by atoms with Gasteiger partial charge in [0.15, 0.2) is 6.61 Å². The number of carbonyl (C=O) groups excluding carboxylic acids is 2. The van der Waals surface area contributed by atoms with Crippen molar-refractivity contribution in [2.24, 2.45) is 0 Å². The zero-order chi connectivity index (χ0) is 18.1. The maximum absolute atomic E-state index is 13.5. The van der Waals surface area contributed by atoms with Gasteiger partial charge in [-0.25, -0.2) is 4.39 Å². The Morgan fingerprint density at radius 1 is 1.12 bits per heavy atom. The molecule has 0 heterocycles. The molecule has 0 spiro atoms. The highest BCUT2D eigenvalue weighted by Gasteiger charge is 2.17. The van der Waals surface area contributed by atoms with E-state index in [9.17, 15) is 14.0 Å². The molecule has 2 aromatic carbocycles. The number of ether oxygens (including phenoxy) is 1. The minimum atomic E-state index is -0.633. The van der Waals surface area contributed by atoms with Crippen molar-refractivity contribution in [3.63, 3.8) is 0 Å². The van der Waals surface area contributed by atoms with Crippen molar-refractivity contribution in [3.05, 3.63) is 60.4 Å². The summed E-state index contributed by atoms with van der Waals surface area (Å²) in [5.41, 5.74) is 0.547. The van der Waals surface area contributed by atoms with Crippen molar-refractivity contribution < 1.29 is 18.7 Å². The second-order valence-electron chi connectivity index (χ2n) is 4.85. The third-order valence-corrected chi connectivity index (χ3v) is 4.16. The Hall–Kier alpha value is -2.85. The van der Waals surface area contributed by atoms with E-state index in [4.69, 9.17) is 10.00 Å². The van der Waals surface area contributed by atoms with Crippen molar-refractivity contribution in [1.29, 1.82) is 5.26 Å². The van der Waals surface area contributed by atoms with Crippen LogP contribution in [-0.2, 0) is 14.3 Å². The van der Waals surface area contributed by atoms with E-state index in [0.717, 1.165) is 11.8 Å². The second-order valence-corrected chi connectivity index (χ2v) is 5.87. The number of carbonyl (C=O) groups is 2. The molecular formula is C18H15FN2O3S. The third kappa shape index (κ3) is 5.62. The monoisotopic (exact) mass is 358 g/mol. The number of anilines is 1. The number of nitrogens with zero attached hydrogens (tertiary/aromatic N) is 2. The predicted molar refractivity (Wildman–Crippen MR) is 92.5 cm³/mol. The summed E-state index contributed by atoms with van der Waals surface area (Å²) in [7, 11) is 0. The number of hydrogen-bond acceptors (Lipinski definition) is 5. The summed E-state index contributed by atoms with van der Waals surface area (Å²) in [5, 5.41) is 8.87. The third-order valence-electron chi connectivity index (χ3n) is 3.14. The number of halogens is 1. The van der Waals surface area contributed by atoms with E-state index in [-0.39, 0.29) is 12.3 Å². The maximum atomic E-state index is 13.5. The van der Waals surface area contributed by atoms with E-state index in [1.807, 2.05) is 6.07 Å². The van der Waals surface area contributed by atoms with Crippen molar-refractivity contribution in [3.8, 4) is 6.07 Å². The van der Waals surface area contributed by atoms with Gasteiger partial charge in [0.2, 0.25) is 0 Å². The van der Waals surface area contributed by atoms with Crippen LogP contribution in [0.1, 0.15) is 0 Å². The summed E-state index contributed by atoms with van der Waals surface area (Å²) in [6, 6.07) is 16.6. The van der Waals surface area contributed by atoms with Gasteiger partial charge in [-0.3, -0.25) is 14.5 Å². The first-order chi connectivity index (χ1) is 12.1. The van der Waals surface area contributed by atoms with Gasteiger partial charge in [0.25, 0.3) is 5.91 Å². The van der Waals surface area contributed by atoms with Gasteiger partial charge in [0.05, 0.1) is 11.8 Å². The molecule has 5 nitrogen and oxygen atoms in total. The molecule has 2 rings (SSSR count). The summed E-state index contributed by atoms with van der Waals surface area (Å²) in [6.07, 6.45) is 0. The summed E-state index contributed by atoms with van der Waals surface area (Å²) in [4.78, 5) is 25.5. The lowest BCUT2D eigenvalue weighted by atomic mass is 10.3. The highest BCUT2D eigenvalue weighted by molar-refractivity contribution is 8.00. The fraction of sp³-hybridized carbons (Fsp3) is 0.167. The zero-order valence-corrected chi connectivity index (χ0v) is 14.0. The molecule has 0 atom stereocenters. The van der Waals surface area contributed by atoms with Crippen molar-refractivity contribution in [1.82, 2.24) is 0 Å². The second kappa shape index (κ2) is 9.45. The van der Waals surface area contributed by atoms with Crippen LogP contribution in [0.3, 0.4) is 0 Å². The van der Waals surface area contributed by atoms with E-state index in [1.54, 1.807) is 48.5 Å². The molecule has 0 N–H and O–H groups in total. The fourth-order valence-corrected chi connectivity index (χ4v) is 2.70. The van der Waals surface area contributed by atoms with Gasteiger partial charge in [-0.1, -0.05) is 30.3 Å². The van der Waals surface area contributed by atoms with E-state index in [1.165, 1.54) is 11.0 Å². The number of nitriles is 1. The number of para-hydroxylation sites is 1. The Morgan fingerprint density at radius 2 is 1.80 bits per heavy atom. The van der Waals surface area contributed by atoms with Crippen molar-refractivity contribution >= 4 is 29.3 Å². The number of hydrogen-bond donors (Lipinski definition) is 0. The van der Waals surface area contributed by atoms with Gasteiger partial charge in [0.1, 0.15) is 12.4 Å². The summed E-state index contributed by atoms with van der Waals surface area (Å²) >= 11 is 0.995. The van der Waals surface area contributed by atoms with Crippen LogP contribution < -0.4 is 4.90 Å². The van der Waals surface area contributed by atoms with E-state index < -0.39 is 24.3 Å². The molecule has 0 saturated carbocycles. The van der Waals surface area contributed by atoms with Crippen LogP contribution in [0, 0.1) is 17.1 Å². The molecule has 1 amide bonds. The maximum Gasteiger partial charge on any atom is 0.316 e. The van der Waals surface area contributed by atoms with Crippen LogP contribution in [0.2, 0.25) is 0 Å². The summed E-state index contributed by atoms with van der Waals surface area (Å²) in [6.45, 7) is -0.627. The molecule has 0 fully saturated rings. The molecule has 0 unspecified atom stereocenters. The number of benzene rings is 2. The quantitative estimate of drug-likeness (QED) is 0.432. The summed E-state index contributed by atoms with van der Waals surface area (Å²) < 4.78 is 18.4. The topological polar surface area (TPSA) is 70.4 Å². The zero-order valence-electron chi connectivity index (χ0n) is 13.2. The average Bonchev–Trinajstić information content (AvgIpc) is 2.64. The van der Waals surface area contributed by atoms with E-state index >= 15 is 0 Å². The molecule has 2 aromatic rings. The van der Waals surface area contributed by atoms with Crippen LogP contribution in [0.5, 0.6) is 0 Å². The van der Waals surface area contributed by atoms with Gasteiger partial charge in [-0.15, -0.1) is 11.8 Å². The number of rotatable bonds is 7. The van der Waals surface area contributed by atoms with Crippen LogP contribution in [0.15, 0.2) is 59.5 Å². The van der Waals surface area contributed by atoms with Crippen LogP contribution in [0.4, 0.5) is 10.1 Å². The summed E-state index contributed by atoms with van der Waals surface area (Å²) in [5.74, 6) is -1.66.